The van der Waals surface area contributed by atoms with Gasteiger partial charge in [-0.05, 0) is 95.6 Å². The molecule has 5 atom stereocenters. The molecule has 0 aliphatic carbocycles. The van der Waals surface area contributed by atoms with Crippen LogP contribution in [0.3, 0.4) is 0 Å². The fourth-order valence-corrected chi connectivity index (χ4v) is 9.62. The second-order valence-electron chi connectivity index (χ2n) is 20.2. The molecule has 406 valence electrons. The number of anilines is 3. The average Bonchev–Trinajstić information content (AvgIpc) is 4.30. The number of carbonyl (C=O) groups excluding carboxylic acids is 2. The van der Waals surface area contributed by atoms with Crippen molar-refractivity contribution in [3.05, 3.63) is 103 Å². The van der Waals surface area contributed by atoms with Crippen molar-refractivity contribution in [2.24, 2.45) is 7.05 Å². The molecule has 2 amide bonds. The van der Waals surface area contributed by atoms with E-state index in [9.17, 15) is 14.7 Å². The Morgan fingerprint density at radius 2 is 1.56 bits per heavy atom. The number of aliphatic carboxylic acids is 1. The molecule has 6 heterocycles. The summed E-state index contributed by atoms with van der Waals surface area (Å²) in [5.74, 6) is 0.679. The van der Waals surface area contributed by atoms with Crippen LogP contribution in [0, 0.1) is 0 Å². The smallest absolute Gasteiger partial charge is 0.408 e. The number of carboxylic acid groups (broad SMARTS) is 1. The molecule has 9 rings (SSSR count). The van der Waals surface area contributed by atoms with Gasteiger partial charge in [-0.25, -0.2) is 24.5 Å². The number of hydrogen-bond acceptors (Lipinski definition) is 17. The Morgan fingerprint density at radius 3 is 2.22 bits per heavy atom. The highest BCUT2D eigenvalue weighted by Crippen LogP contribution is 2.47. The maximum Gasteiger partial charge on any atom is 0.408 e. The SMILES string of the molecule is COc1ccc(CNc2ncnc3c2c(-c2ccn(C)n2)cn3[C@@H]2O[C@H](C(=O)N(CC[C@H](NC(=O)OC(C)(C)C)C(=O)O)c3ccc4ccc(N(C)Cc5ccc(OC)cc5OC)nc4c3)[C@H]3OC(C)(C)O[C@H]32)c(OC)c1. The van der Waals surface area contributed by atoms with E-state index in [4.69, 9.17) is 57.9 Å². The molecule has 77 heavy (non-hydrogen) atoms. The van der Waals surface area contributed by atoms with E-state index in [1.54, 1.807) is 79.9 Å². The molecule has 0 radical (unpaired) electrons. The van der Waals surface area contributed by atoms with Crippen LogP contribution in [-0.4, -0.2) is 130 Å². The van der Waals surface area contributed by atoms with Crippen molar-refractivity contribution >= 4 is 57.2 Å². The standard InChI is InChI=1S/C55H64N10O12/c1-54(2,3)77-53(69)60-39(52(67)68)21-23-64(34-16-12-31-15-19-43(59-40(31)24-34)62(6)28-33-14-18-36(71-9)26-42(33)73-11)50(66)46-45-47(76-55(4,5)75-45)51(74-46)65-29-37(38-20-22-63(7)61-38)44-48(57-30-58-49(44)65)56-27-32-13-17-35(70-8)25-41(32)72-10/h12-20,22,24-26,29-30,39,45-47,51H,21,23,27-28H2,1-11H3,(H,60,69)(H,67,68)(H,56,57,58)/t39-,45+,46-,47+,51+/m0/s1. The van der Waals surface area contributed by atoms with E-state index in [2.05, 4.69) is 10.6 Å². The normalized spacial score (nSPS) is 18.1. The van der Waals surface area contributed by atoms with Crippen molar-refractivity contribution in [3.63, 3.8) is 0 Å². The van der Waals surface area contributed by atoms with Gasteiger partial charge in [-0.15, -0.1) is 0 Å². The van der Waals surface area contributed by atoms with E-state index in [0.717, 1.165) is 16.5 Å². The monoisotopic (exact) mass is 1060 g/mol. The third-order valence-electron chi connectivity index (χ3n) is 13.2. The number of methoxy groups -OCH3 is 4. The van der Waals surface area contributed by atoms with Crippen molar-refractivity contribution in [2.45, 2.75) is 96.1 Å². The number of carboxylic acids is 1. The summed E-state index contributed by atoms with van der Waals surface area (Å²) in [5, 5.41) is 22.5. The van der Waals surface area contributed by atoms with Crippen molar-refractivity contribution in [2.75, 3.05) is 57.1 Å². The lowest BCUT2D eigenvalue weighted by molar-refractivity contribution is -0.196. The van der Waals surface area contributed by atoms with E-state index < -0.39 is 59.9 Å². The number of benzene rings is 3. The topological polar surface area (TPSA) is 237 Å². The summed E-state index contributed by atoms with van der Waals surface area (Å²) >= 11 is 0. The molecule has 22 nitrogen and oxygen atoms in total. The Bertz CT molecular complexity index is 3320. The third kappa shape index (κ3) is 11.5. The minimum absolute atomic E-state index is 0.197. The number of aromatic nitrogens is 6. The molecule has 2 fully saturated rings. The lowest BCUT2D eigenvalue weighted by Gasteiger charge is -2.30. The molecule has 0 saturated carbocycles. The Kier molecular flexibility index (Phi) is 15.2. The number of alkyl carbamates (subject to hydrolysis) is 1. The minimum Gasteiger partial charge on any atom is -0.497 e. The van der Waals surface area contributed by atoms with Crippen molar-refractivity contribution in [1.82, 2.24) is 34.6 Å². The predicted molar refractivity (Wildman–Crippen MR) is 285 cm³/mol. The van der Waals surface area contributed by atoms with Gasteiger partial charge in [0, 0.05) is 86.0 Å². The zero-order valence-corrected chi connectivity index (χ0v) is 44.9. The number of amides is 2. The Balaban J connectivity index is 1.08. The first-order valence-corrected chi connectivity index (χ1v) is 24.9. The van der Waals surface area contributed by atoms with Gasteiger partial charge in [0.1, 0.15) is 70.5 Å². The Labute approximate surface area is 445 Å². The maximum atomic E-state index is 15.6. The van der Waals surface area contributed by atoms with Crippen LogP contribution in [0.5, 0.6) is 23.0 Å². The second kappa shape index (κ2) is 21.8. The zero-order chi connectivity index (χ0) is 54.9. The van der Waals surface area contributed by atoms with Crippen molar-refractivity contribution in [1.29, 1.82) is 0 Å². The first-order chi connectivity index (χ1) is 36.8. The highest BCUT2D eigenvalue weighted by Gasteiger charge is 2.59. The number of nitrogens with one attached hydrogen (secondary N) is 2. The molecule has 2 aliphatic heterocycles. The van der Waals surface area contributed by atoms with Gasteiger partial charge >= 0.3 is 12.1 Å². The molecule has 3 N–H and O–H groups in total. The van der Waals surface area contributed by atoms with Crippen molar-refractivity contribution < 1.29 is 57.4 Å². The molecule has 2 saturated heterocycles. The van der Waals surface area contributed by atoms with Gasteiger partial charge < -0.3 is 68.0 Å². The maximum absolute atomic E-state index is 15.6. The number of pyridine rings is 1. The summed E-state index contributed by atoms with van der Waals surface area (Å²) < 4.78 is 51.2. The second-order valence-corrected chi connectivity index (χ2v) is 20.2. The summed E-state index contributed by atoms with van der Waals surface area (Å²) in [7, 11) is 10.1. The molecular formula is C55H64N10O12. The number of carbonyl (C=O) groups is 3. The van der Waals surface area contributed by atoms with E-state index in [-0.39, 0.29) is 13.0 Å². The van der Waals surface area contributed by atoms with Gasteiger partial charge in [0.15, 0.2) is 18.1 Å². The fraction of sp³-hybridized carbons (Fsp3) is 0.400. The van der Waals surface area contributed by atoms with E-state index in [0.29, 0.717) is 81.2 Å². The molecule has 0 bridgehead atoms. The van der Waals surface area contributed by atoms with Gasteiger partial charge in [-0.1, -0.05) is 6.07 Å². The number of aryl methyl sites for hydroxylation is 1. The van der Waals surface area contributed by atoms with Gasteiger partial charge in [0.25, 0.3) is 5.91 Å². The lowest BCUT2D eigenvalue weighted by Crippen LogP contribution is -2.49. The van der Waals surface area contributed by atoms with Gasteiger partial charge in [-0.2, -0.15) is 5.10 Å². The molecule has 22 heteroatoms. The van der Waals surface area contributed by atoms with Crippen LogP contribution < -0.4 is 39.4 Å². The summed E-state index contributed by atoms with van der Waals surface area (Å²) in [4.78, 5) is 59.3. The largest absolute Gasteiger partial charge is 0.497 e. The third-order valence-corrected chi connectivity index (χ3v) is 13.2. The molecule has 4 aromatic heterocycles. The average molecular weight is 1060 g/mol. The van der Waals surface area contributed by atoms with E-state index >= 15 is 4.79 Å². The molecule has 0 unspecified atom stereocenters. The van der Waals surface area contributed by atoms with Crippen LogP contribution in [0.4, 0.5) is 22.1 Å². The fourth-order valence-electron chi connectivity index (χ4n) is 9.62. The van der Waals surface area contributed by atoms with Crippen LogP contribution in [-0.2, 0) is 48.7 Å². The quantitative estimate of drug-likeness (QED) is 0.0711. The first-order valence-electron chi connectivity index (χ1n) is 24.9. The van der Waals surface area contributed by atoms with E-state index in [1.807, 2.05) is 96.6 Å². The molecule has 7 aromatic rings. The Morgan fingerprint density at radius 1 is 0.870 bits per heavy atom. The minimum atomic E-state index is -1.45. The summed E-state index contributed by atoms with van der Waals surface area (Å²) in [5.41, 5.74) is 3.54. The van der Waals surface area contributed by atoms with Gasteiger partial charge in [0.2, 0.25) is 0 Å². The van der Waals surface area contributed by atoms with Crippen LogP contribution in [0.15, 0.2) is 91.5 Å². The molecular weight excluding hydrogens is 993 g/mol. The van der Waals surface area contributed by atoms with Crippen molar-refractivity contribution in [3.8, 4) is 34.3 Å². The number of fused-ring (bicyclic) bond motifs is 3. The van der Waals surface area contributed by atoms with Gasteiger partial charge in [-0.3, -0.25) is 9.48 Å². The number of ether oxygens (including phenoxy) is 8. The molecule has 2 aliphatic rings. The number of nitrogens with zero attached hydrogens (tertiary/aromatic N) is 8. The zero-order valence-electron chi connectivity index (χ0n) is 44.9. The highest BCUT2D eigenvalue weighted by atomic mass is 16.8. The predicted octanol–water partition coefficient (Wildman–Crippen LogP) is 7.48. The summed E-state index contributed by atoms with van der Waals surface area (Å²) in [6.45, 7) is 9.13. The molecule has 3 aromatic carbocycles. The highest BCUT2D eigenvalue weighted by molar-refractivity contribution is 6.01. The van der Waals surface area contributed by atoms with Gasteiger partial charge in [0.05, 0.1) is 45.0 Å². The van der Waals surface area contributed by atoms with Crippen LogP contribution >= 0.6 is 0 Å². The number of rotatable bonds is 19. The van der Waals surface area contributed by atoms with Crippen LogP contribution in [0.25, 0.3) is 33.2 Å². The van der Waals surface area contributed by atoms with Crippen LogP contribution in [0.1, 0.15) is 58.4 Å². The summed E-state index contributed by atoms with van der Waals surface area (Å²) in [6, 6.07) is 20.8. The molecule has 0 spiro atoms. The number of hydrogen-bond donors (Lipinski definition) is 3. The van der Waals surface area contributed by atoms with Crippen LogP contribution in [0.2, 0.25) is 0 Å². The van der Waals surface area contributed by atoms with E-state index in [1.165, 1.54) is 11.2 Å². The summed E-state index contributed by atoms with van der Waals surface area (Å²) in [6.07, 6.45) is -0.147. The first kappa shape index (κ1) is 53.6. The lowest BCUT2D eigenvalue weighted by atomic mass is 10.1. The Hall–Kier alpha value is -8.21.